The molecule has 1 saturated heterocycles. The Bertz CT molecular complexity index is 251. The van der Waals surface area contributed by atoms with Crippen molar-refractivity contribution in [2.45, 2.75) is 53.0 Å². The van der Waals surface area contributed by atoms with Gasteiger partial charge >= 0.3 is 0 Å². The van der Waals surface area contributed by atoms with Crippen molar-refractivity contribution in [1.29, 1.82) is 0 Å². The first-order chi connectivity index (χ1) is 7.82. The van der Waals surface area contributed by atoms with Crippen LogP contribution in [0.5, 0.6) is 0 Å². The highest BCUT2D eigenvalue weighted by molar-refractivity contribution is 5.76. The van der Waals surface area contributed by atoms with Gasteiger partial charge in [0.05, 0.1) is 0 Å². The van der Waals surface area contributed by atoms with Gasteiger partial charge in [-0.1, -0.05) is 27.7 Å². The SMILES string of the molecule is CC(CC(=O)N(C)C1CCCNC1)C(C)(C)C. The second-order valence-corrected chi connectivity index (χ2v) is 6.48. The van der Waals surface area contributed by atoms with Gasteiger partial charge in [-0.25, -0.2) is 0 Å². The molecule has 2 unspecified atom stereocenters. The second-order valence-electron chi connectivity index (χ2n) is 6.48. The Morgan fingerprint density at radius 3 is 2.59 bits per heavy atom. The maximum Gasteiger partial charge on any atom is 0.222 e. The van der Waals surface area contributed by atoms with Crippen LogP contribution in [-0.4, -0.2) is 37.0 Å². The first kappa shape index (κ1) is 14.5. The first-order valence-corrected chi connectivity index (χ1v) is 6.78. The van der Waals surface area contributed by atoms with Crippen LogP contribution >= 0.6 is 0 Å². The maximum atomic E-state index is 12.2. The van der Waals surface area contributed by atoms with Gasteiger partial charge in [-0.3, -0.25) is 4.79 Å². The first-order valence-electron chi connectivity index (χ1n) is 6.78. The molecule has 1 aliphatic heterocycles. The monoisotopic (exact) mass is 240 g/mol. The molecule has 1 aliphatic rings. The van der Waals surface area contributed by atoms with Crippen LogP contribution in [0.25, 0.3) is 0 Å². The van der Waals surface area contributed by atoms with Crippen LogP contribution in [0.1, 0.15) is 47.0 Å². The van der Waals surface area contributed by atoms with Gasteiger partial charge in [-0.2, -0.15) is 0 Å². The number of likely N-dealkylation sites (N-methyl/N-ethyl adjacent to an activating group) is 1. The highest BCUT2D eigenvalue weighted by atomic mass is 16.2. The summed E-state index contributed by atoms with van der Waals surface area (Å²) in [7, 11) is 1.95. The van der Waals surface area contributed by atoms with Gasteiger partial charge in [-0.15, -0.1) is 0 Å². The molecule has 3 nitrogen and oxygen atoms in total. The Morgan fingerprint density at radius 2 is 2.12 bits per heavy atom. The van der Waals surface area contributed by atoms with Crippen molar-refractivity contribution in [3.63, 3.8) is 0 Å². The van der Waals surface area contributed by atoms with Crippen molar-refractivity contribution < 1.29 is 4.79 Å². The molecule has 1 heterocycles. The van der Waals surface area contributed by atoms with E-state index in [1.54, 1.807) is 0 Å². The predicted molar refractivity (Wildman–Crippen MR) is 71.9 cm³/mol. The van der Waals surface area contributed by atoms with Crippen molar-refractivity contribution in [3.05, 3.63) is 0 Å². The smallest absolute Gasteiger partial charge is 0.222 e. The second kappa shape index (κ2) is 5.85. The van der Waals surface area contributed by atoms with E-state index in [0.717, 1.165) is 19.5 Å². The summed E-state index contributed by atoms with van der Waals surface area (Å²) in [6.07, 6.45) is 2.98. The number of hydrogen-bond acceptors (Lipinski definition) is 2. The Hall–Kier alpha value is -0.570. The van der Waals surface area contributed by atoms with E-state index in [1.807, 2.05) is 11.9 Å². The Morgan fingerprint density at radius 1 is 1.47 bits per heavy atom. The lowest BCUT2D eigenvalue weighted by molar-refractivity contribution is -0.134. The molecule has 2 atom stereocenters. The molecule has 17 heavy (non-hydrogen) atoms. The highest BCUT2D eigenvalue weighted by Gasteiger charge is 2.27. The summed E-state index contributed by atoms with van der Waals surface area (Å²) in [5, 5.41) is 3.36. The summed E-state index contributed by atoms with van der Waals surface area (Å²) in [4.78, 5) is 14.2. The third-order valence-electron chi connectivity index (χ3n) is 4.17. The molecule has 0 radical (unpaired) electrons. The van der Waals surface area contributed by atoms with Crippen molar-refractivity contribution in [1.82, 2.24) is 10.2 Å². The number of amides is 1. The molecule has 0 aliphatic carbocycles. The lowest BCUT2D eigenvalue weighted by Gasteiger charge is -2.34. The van der Waals surface area contributed by atoms with Gasteiger partial charge in [0.25, 0.3) is 0 Å². The minimum atomic E-state index is 0.210. The Kier molecular flexibility index (Phi) is 4.99. The van der Waals surface area contributed by atoms with Gasteiger partial charge in [-0.05, 0) is 30.7 Å². The van der Waals surface area contributed by atoms with Crippen LogP contribution in [0.4, 0.5) is 0 Å². The fraction of sp³-hybridized carbons (Fsp3) is 0.929. The van der Waals surface area contributed by atoms with Gasteiger partial charge in [0.1, 0.15) is 0 Å². The molecule has 0 aromatic heterocycles. The van der Waals surface area contributed by atoms with Crippen LogP contribution in [-0.2, 0) is 4.79 Å². The minimum Gasteiger partial charge on any atom is -0.341 e. The van der Waals surface area contributed by atoms with Crippen molar-refractivity contribution in [2.24, 2.45) is 11.3 Å². The van der Waals surface area contributed by atoms with Crippen LogP contribution < -0.4 is 5.32 Å². The zero-order chi connectivity index (χ0) is 13.1. The fourth-order valence-corrected chi connectivity index (χ4v) is 2.08. The lowest BCUT2D eigenvalue weighted by atomic mass is 9.80. The largest absolute Gasteiger partial charge is 0.341 e. The quantitative estimate of drug-likeness (QED) is 0.821. The van der Waals surface area contributed by atoms with E-state index in [1.165, 1.54) is 6.42 Å². The zero-order valence-electron chi connectivity index (χ0n) is 12.0. The van der Waals surface area contributed by atoms with Crippen LogP contribution in [0.3, 0.4) is 0 Å². The topological polar surface area (TPSA) is 32.3 Å². The average Bonchev–Trinajstić information content (AvgIpc) is 2.27. The molecular weight excluding hydrogens is 212 g/mol. The molecule has 0 spiro atoms. The van der Waals surface area contributed by atoms with Gasteiger partial charge in [0.15, 0.2) is 0 Å². The number of hydrogen-bond donors (Lipinski definition) is 1. The molecule has 0 bridgehead atoms. The van der Waals surface area contributed by atoms with Crippen LogP contribution in [0.15, 0.2) is 0 Å². The number of piperidine rings is 1. The third kappa shape index (κ3) is 4.30. The Labute approximate surface area is 106 Å². The number of nitrogens with zero attached hydrogens (tertiary/aromatic N) is 1. The normalized spacial score (nSPS) is 23.2. The van der Waals surface area contributed by atoms with Gasteiger partial charge < -0.3 is 10.2 Å². The van der Waals surface area contributed by atoms with Crippen molar-refractivity contribution in [2.75, 3.05) is 20.1 Å². The minimum absolute atomic E-state index is 0.210. The molecular formula is C14H28N2O. The predicted octanol–water partition coefficient (Wildman–Crippen LogP) is 2.27. The fourth-order valence-electron chi connectivity index (χ4n) is 2.08. The highest BCUT2D eigenvalue weighted by Crippen LogP contribution is 2.28. The van der Waals surface area contributed by atoms with Crippen molar-refractivity contribution in [3.8, 4) is 0 Å². The van der Waals surface area contributed by atoms with Crippen molar-refractivity contribution >= 4 is 5.91 Å². The number of carbonyl (C=O) groups is 1. The van der Waals surface area contributed by atoms with E-state index in [4.69, 9.17) is 0 Å². The number of nitrogens with one attached hydrogen (secondary N) is 1. The molecule has 1 rings (SSSR count). The molecule has 1 fully saturated rings. The lowest BCUT2D eigenvalue weighted by Crippen LogP contribution is -2.47. The molecule has 1 amide bonds. The summed E-state index contributed by atoms with van der Waals surface area (Å²) >= 11 is 0. The molecule has 0 saturated carbocycles. The zero-order valence-corrected chi connectivity index (χ0v) is 12.0. The molecule has 100 valence electrons. The number of rotatable bonds is 3. The summed E-state index contributed by atoms with van der Waals surface area (Å²) in [6.45, 7) is 10.8. The third-order valence-corrected chi connectivity index (χ3v) is 4.17. The van der Waals surface area contributed by atoms with Gasteiger partial charge in [0, 0.05) is 26.1 Å². The molecule has 3 heteroatoms. The molecule has 0 aromatic rings. The van der Waals surface area contributed by atoms with E-state index in [2.05, 4.69) is 33.0 Å². The summed E-state index contributed by atoms with van der Waals surface area (Å²) in [6, 6.07) is 0.392. The maximum absolute atomic E-state index is 12.2. The van der Waals surface area contributed by atoms with Crippen LogP contribution in [0, 0.1) is 11.3 Å². The van der Waals surface area contributed by atoms with E-state index in [0.29, 0.717) is 24.3 Å². The standard InChI is InChI=1S/C14H28N2O/c1-11(14(2,3)4)9-13(17)16(5)12-7-6-8-15-10-12/h11-12,15H,6-10H2,1-5H3. The van der Waals surface area contributed by atoms with E-state index in [9.17, 15) is 4.79 Å². The van der Waals surface area contributed by atoms with E-state index < -0.39 is 0 Å². The summed E-state index contributed by atoms with van der Waals surface area (Å²) in [5.41, 5.74) is 0.210. The van der Waals surface area contributed by atoms with Crippen LogP contribution in [0.2, 0.25) is 0 Å². The Balaban J connectivity index is 2.46. The van der Waals surface area contributed by atoms with E-state index >= 15 is 0 Å². The summed E-state index contributed by atoms with van der Waals surface area (Å²) < 4.78 is 0. The van der Waals surface area contributed by atoms with Gasteiger partial charge in [0.2, 0.25) is 5.91 Å². The molecule has 1 N–H and O–H groups in total. The number of carbonyl (C=O) groups excluding carboxylic acids is 1. The summed E-state index contributed by atoms with van der Waals surface area (Å²) in [5.74, 6) is 0.718. The van der Waals surface area contributed by atoms with E-state index in [-0.39, 0.29) is 5.41 Å². The molecule has 0 aromatic carbocycles. The average molecular weight is 240 g/mol.